The van der Waals surface area contributed by atoms with E-state index < -0.39 is 0 Å². The molecule has 0 fully saturated rings. The normalized spacial score (nSPS) is 13.2. The predicted octanol–water partition coefficient (Wildman–Crippen LogP) is 0.949. The Balaban J connectivity index is 2.54. The first-order valence-electron chi connectivity index (χ1n) is 3.01. The summed E-state index contributed by atoms with van der Waals surface area (Å²) in [5.74, 6) is 0.769. The molecule has 0 aromatic carbocycles. The van der Waals surface area contributed by atoms with Gasteiger partial charge in [0.25, 0.3) is 0 Å². The smallest absolute Gasteiger partial charge is 0.180 e. The van der Waals surface area contributed by atoms with Crippen LogP contribution in [-0.4, -0.2) is 4.98 Å². The van der Waals surface area contributed by atoms with Crippen molar-refractivity contribution in [1.82, 2.24) is 10.5 Å². The number of aromatic nitrogens is 1. The van der Waals surface area contributed by atoms with Gasteiger partial charge < -0.3 is 4.84 Å². The first-order valence-corrected chi connectivity index (χ1v) is 3.01. The van der Waals surface area contributed by atoms with Crippen molar-refractivity contribution in [2.75, 3.05) is 0 Å². The molecule has 1 N–H and O–H groups in total. The maximum atomic E-state index is 5.02. The summed E-state index contributed by atoms with van der Waals surface area (Å²) in [5, 5.41) is 0. The molecule has 2 heterocycles. The van der Waals surface area contributed by atoms with Crippen LogP contribution in [0.2, 0.25) is 0 Å². The quantitative estimate of drug-likeness (QED) is 0.573. The molecule has 3 nitrogen and oxygen atoms in total. The van der Waals surface area contributed by atoms with Gasteiger partial charge in [0.2, 0.25) is 0 Å². The molecule has 0 amide bonds. The first-order chi connectivity index (χ1) is 4.97. The summed E-state index contributed by atoms with van der Waals surface area (Å²) in [6.07, 6.45) is 5.30. The molecule has 0 spiro atoms. The Morgan fingerprint density at radius 2 is 2.50 bits per heavy atom. The summed E-state index contributed by atoms with van der Waals surface area (Å²) in [7, 11) is 0. The highest BCUT2D eigenvalue weighted by molar-refractivity contribution is 5.53. The molecule has 50 valence electrons. The summed E-state index contributed by atoms with van der Waals surface area (Å²) < 4.78 is 0. The summed E-state index contributed by atoms with van der Waals surface area (Å²) in [6.45, 7) is 0. The van der Waals surface area contributed by atoms with E-state index in [0.29, 0.717) is 0 Å². The molecular weight excluding hydrogens is 128 g/mol. The number of nitrogens with one attached hydrogen (secondary N) is 1. The summed E-state index contributed by atoms with van der Waals surface area (Å²) >= 11 is 0. The second-order valence-electron chi connectivity index (χ2n) is 1.94. The first kappa shape index (κ1) is 5.29. The highest BCUT2D eigenvalue weighted by Gasteiger charge is 2.03. The van der Waals surface area contributed by atoms with E-state index in [2.05, 4.69) is 10.5 Å². The molecule has 0 bridgehead atoms. The minimum absolute atomic E-state index is 0.769. The van der Waals surface area contributed by atoms with Crippen molar-refractivity contribution in [2.24, 2.45) is 0 Å². The van der Waals surface area contributed by atoms with Crippen LogP contribution in [0.3, 0.4) is 0 Å². The van der Waals surface area contributed by atoms with Gasteiger partial charge in [-0.05, 0) is 18.2 Å². The number of fused-ring (bicyclic) bond motifs is 1. The molecule has 0 saturated heterocycles. The van der Waals surface area contributed by atoms with Gasteiger partial charge in [-0.2, -0.15) is 0 Å². The van der Waals surface area contributed by atoms with Crippen LogP contribution in [0.1, 0.15) is 5.69 Å². The predicted molar refractivity (Wildman–Crippen MR) is 37.0 cm³/mol. The van der Waals surface area contributed by atoms with Crippen molar-refractivity contribution in [3.8, 4) is 5.75 Å². The van der Waals surface area contributed by atoms with Gasteiger partial charge in [-0.25, -0.2) is 5.48 Å². The monoisotopic (exact) mass is 134 g/mol. The SMILES string of the molecule is C1=Cc2ncccc2ON1. The second-order valence-corrected chi connectivity index (χ2v) is 1.94. The lowest BCUT2D eigenvalue weighted by atomic mass is 10.3. The van der Waals surface area contributed by atoms with E-state index in [1.165, 1.54) is 0 Å². The fraction of sp³-hybridized carbons (Fsp3) is 0. The molecule has 1 aliphatic heterocycles. The van der Waals surface area contributed by atoms with Crippen molar-refractivity contribution in [2.45, 2.75) is 0 Å². The molecule has 0 radical (unpaired) electrons. The number of pyridine rings is 1. The molecule has 0 unspecified atom stereocenters. The van der Waals surface area contributed by atoms with Gasteiger partial charge in [0.05, 0.1) is 0 Å². The fourth-order valence-corrected chi connectivity index (χ4v) is 0.825. The largest absolute Gasteiger partial charge is 0.380 e. The molecule has 0 aliphatic carbocycles. The zero-order valence-corrected chi connectivity index (χ0v) is 5.24. The summed E-state index contributed by atoms with van der Waals surface area (Å²) in [6, 6.07) is 3.69. The topological polar surface area (TPSA) is 34.1 Å². The van der Waals surface area contributed by atoms with Crippen molar-refractivity contribution < 1.29 is 4.84 Å². The Kier molecular flexibility index (Phi) is 1.07. The standard InChI is InChI=1S/C7H6N2O/c1-2-7-6(8-4-1)3-5-9-10-7/h1-5,9H. The van der Waals surface area contributed by atoms with Crippen LogP contribution in [0.4, 0.5) is 0 Å². The Morgan fingerprint density at radius 1 is 1.50 bits per heavy atom. The maximum Gasteiger partial charge on any atom is 0.180 e. The molecular formula is C7H6N2O. The van der Waals surface area contributed by atoms with Crippen LogP contribution in [0, 0.1) is 0 Å². The number of hydrogen-bond acceptors (Lipinski definition) is 3. The van der Waals surface area contributed by atoms with Crippen molar-refractivity contribution in [3.05, 3.63) is 30.2 Å². The lowest BCUT2D eigenvalue weighted by Crippen LogP contribution is -2.14. The van der Waals surface area contributed by atoms with Crippen LogP contribution < -0.4 is 10.3 Å². The molecule has 10 heavy (non-hydrogen) atoms. The molecule has 3 heteroatoms. The minimum Gasteiger partial charge on any atom is -0.380 e. The number of rotatable bonds is 0. The summed E-state index contributed by atoms with van der Waals surface area (Å²) in [4.78, 5) is 9.09. The third-order valence-corrected chi connectivity index (χ3v) is 1.28. The van der Waals surface area contributed by atoms with Gasteiger partial charge >= 0.3 is 0 Å². The van der Waals surface area contributed by atoms with Crippen molar-refractivity contribution in [3.63, 3.8) is 0 Å². The van der Waals surface area contributed by atoms with Crippen LogP contribution in [0.15, 0.2) is 24.5 Å². The third kappa shape index (κ3) is 0.719. The van der Waals surface area contributed by atoms with E-state index in [1.54, 1.807) is 12.4 Å². The lowest BCUT2D eigenvalue weighted by molar-refractivity contribution is 0.238. The van der Waals surface area contributed by atoms with Crippen LogP contribution >= 0.6 is 0 Å². The molecule has 1 aromatic rings. The Labute approximate surface area is 58.3 Å². The van der Waals surface area contributed by atoms with E-state index >= 15 is 0 Å². The molecule has 0 atom stereocenters. The summed E-state index contributed by atoms with van der Waals surface area (Å²) in [5.41, 5.74) is 3.48. The maximum absolute atomic E-state index is 5.02. The van der Waals surface area contributed by atoms with E-state index in [1.807, 2.05) is 18.2 Å². The van der Waals surface area contributed by atoms with Gasteiger partial charge in [0.15, 0.2) is 5.75 Å². The highest BCUT2D eigenvalue weighted by atomic mass is 16.6. The van der Waals surface area contributed by atoms with Gasteiger partial charge in [0, 0.05) is 12.4 Å². The van der Waals surface area contributed by atoms with Gasteiger partial charge in [0.1, 0.15) is 5.69 Å². The average molecular weight is 134 g/mol. The molecule has 1 aromatic heterocycles. The Morgan fingerprint density at radius 3 is 3.40 bits per heavy atom. The lowest BCUT2D eigenvalue weighted by Gasteiger charge is -2.09. The Bertz CT molecular complexity index is 270. The molecule has 2 rings (SSSR count). The van der Waals surface area contributed by atoms with E-state index in [0.717, 1.165) is 11.4 Å². The third-order valence-electron chi connectivity index (χ3n) is 1.28. The number of nitrogens with zero attached hydrogens (tertiary/aromatic N) is 1. The van der Waals surface area contributed by atoms with E-state index in [9.17, 15) is 0 Å². The highest BCUT2D eigenvalue weighted by Crippen LogP contribution is 2.17. The van der Waals surface area contributed by atoms with Gasteiger partial charge in [-0.1, -0.05) is 0 Å². The van der Waals surface area contributed by atoms with Crippen LogP contribution in [0.5, 0.6) is 5.75 Å². The van der Waals surface area contributed by atoms with Gasteiger partial charge in [-0.15, -0.1) is 0 Å². The van der Waals surface area contributed by atoms with Gasteiger partial charge in [-0.3, -0.25) is 4.98 Å². The van der Waals surface area contributed by atoms with Crippen molar-refractivity contribution >= 4 is 6.08 Å². The van der Waals surface area contributed by atoms with E-state index in [-0.39, 0.29) is 0 Å². The zero-order chi connectivity index (χ0) is 6.81. The molecule has 1 aliphatic rings. The van der Waals surface area contributed by atoms with E-state index in [4.69, 9.17) is 4.84 Å². The molecule has 0 saturated carbocycles. The van der Waals surface area contributed by atoms with Crippen LogP contribution in [0.25, 0.3) is 6.08 Å². The second kappa shape index (κ2) is 2.02. The van der Waals surface area contributed by atoms with Crippen molar-refractivity contribution in [1.29, 1.82) is 0 Å². The zero-order valence-electron chi connectivity index (χ0n) is 5.24. The van der Waals surface area contributed by atoms with Crippen LogP contribution in [-0.2, 0) is 0 Å². The Hall–Kier alpha value is -1.51. The minimum atomic E-state index is 0.769. The number of hydrogen-bond donors (Lipinski definition) is 1. The average Bonchev–Trinajstić information content (AvgIpc) is 2.05. The number of hydroxylamine groups is 1. The fourth-order valence-electron chi connectivity index (χ4n) is 0.825.